The molecule has 6 nitrogen and oxygen atoms in total. The molecule has 5 rings (SSSR count). The molecule has 3 aromatic rings. The first-order chi connectivity index (χ1) is 16.6. The maximum absolute atomic E-state index is 12.6. The van der Waals surface area contributed by atoms with Crippen molar-refractivity contribution in [3.63, 3.8) is 0 Å². The number of piperazine rings is 1. The van der Waals surface area contributed by atoms with Gasteiger partial charge >= 0.3 is 0 Å². The number of hydrogen-bond donors (Lipinski definition) is 1. The Labute approximate surface area is 206 Å². The minimum atomic E-state index is -0.0328. The predicted octanol–water partition coefficient (Wildman–Crippen LogP) is 4.34. The van der Waals surface area contributed by atoms with E-state index in [1.54, 1.807) is 11.3 Å². The Morgan fingerprint density at radius 3 is 2.53 bits per heavy atom. The van der Waals surface area contributed by atoms with Crippen molar-refractivity contribution in [3.05, 3.63) is 65.2 Å². The van der Waals surface area contributed by atoms with E-state index >= 15 is 0 Å². The summed E-state index contributed by atoms with van der Waals surface area (Å²) in [6.45, 7) is 7.68. The number of anilines is 2. The highest BCUT2D eigenvalue weighted by atomic mass is 32.1. The van der Waals surface area contributed by atoms with E-state index < -0.39 is 0 Å². The molecule has 7 heteroatoms. The molecule has 2 aliphatic heterocycles. The maximum Gasteiger partial charge on any atom is 0.230 e. The number of nitrogens with one attached hydrogen (secondary N) is 1. The summed E-state index contributed by atoms with van der Waals surface area (Å²) in [5.74, 6) is -0.0328. The van der Waals surface area contributed by atoms with E-state index in [1.807, 2.05) is 17.5 Å². The number of rotatable bonds is 7. The van der Waals surface area contributed by atoms with E-state index in [0.29, 0.717) is 0 Å². The predicted molar refractivity (Wildman–Crippen MR) is 141 cm³/mol. The van der Waals surface area contributed by atoms with Gasteiger partial charge in [-0.1, -0.05) is 18.2 Å². The van der Waals surface area contributed by atoms with Crippen molar-refractivity contribution in [2.75, 3.05) is 56.5 Å². The van der Waals surface area contributed by atoms with Gasteiger partial charge in [0.15, 0.2) is 0 Å². The second kappa shape index (κ2) is 10.7. The molecule has 1 amide bonds. The highest BCUT2D eigenvalue weighted by Crippen LogP contribution is 2.26. The van der Waals surface area contributed by atoms with Crippen LogP contribution in [0.1, 0.15) is 24.1 Å². The lowest BCUT2D eigenvalue weighted by molar-refractivity contribution is -0.115. The van der Waals surface area contributed by atoms with Gasteiger partial charge in [0.05, 0.1) is 12.1 Å². The molecule has 0 unspecified atom stereocenters. The number of hydrogen-bond acceptors (Lipinski definition) is 6. The zero-order chi connectivity index (χ0) is 23.3. The SMILES string of the molecule is CN1CCN(Cc2cccc(-c3nc(CC(=O)Nc4ccc(N5CCCC5)cc4)cs3)c2)CC1. The van der Waals surface area contributed by atoms with E-state index in [2.05, 4.69) is 63.5 Å². The third-order valence-corrected chi connectivity index (χ3v) is 7.63. The number of aromatic nitrogens is 1. The van der Waals surface area contributed by atoms with Gasteiger partial charge in [-0.05, 0) is 55.8 Å². The molecule has 2 aromatic carbocycles. The van der Waals surface area contributed by atoms with E-state index in [4.69, 9.17) is 4.98 Å². The van der Waals surface area contributed by atoms with E-state index in [9.17, 15) is 4.79 Å². The lowest BCUT2D eigenvalue weighted by Crippen LogP contribution is -2.43. The first kappa shape index (κ1) is 23.0. The van der Waals surface area contributed by atoms with E-state index in [0.717, 1.165) is 67.8 Å². The summed E-state index contributed by atoms with van der Waals surface area (Å²) in [7, 11) is 2.18. The number of carbonyl (C=O) groups is 1. The number of carbonyl (C=O) groups excluding carboxylic acids is 1. The summed E-state index contributed by atoms with van der Waals surface area (Å²) in [6, 6.07) is 16.8. The fraction of sp³-hybridized carbons (Fsp3) is 0.407. The van der Waals surface area contributed by atoms with Crippen LogP contribution in [0.15, 0.2) is 53.9 Å². The Kier molecular flexibility index (Phi) is 7.23. The monoisotopic (exact) mass is 475 g/mol. The van der Waals surface area contributed by atoms with E-state index in [1.165, 1.54) is 24.1 Å². The van der Waals surface area contributed by atoms with Gasteiger partial charge in [0.1, 0.15) is 5.01 Å². The van der Waals surface area contributed by atoms with Gasteiger partial charge in [-0.2, -0.15) is 0 Å². The summed E-state index contributed by atoms with van der Waals surface area (Å²) in [5, 5.41) is 5.98. The molecule has 3 heterocycles. The summed E-state index contributed by atoms with van der Waals surface area (Å²) < 4.78 is 0. The fourth-order valence-corrected chi connectivity index (χ4v) is 5.50. The van der Waals surface area contributed by atoms with Crippen molar-refractivity contribution in [1.82, 2.24) is 14.8 Å². The van der Waals surface area contributed by atoms with Crippen molar-refractivity contribution < 1.29 is 4.79 Å². The second-order valence-corrected chi connectivity index (χ2v) is 10.2. The molecule has 0 atom stereocenters. The molecule has 2 saturated heterocycles. The minimum Gasteiger partial charge on any atom is -0.372 e. The number of benzene rings is 2. The molecule has 0 bridgehead atoms. The Morgan fingerprint density at radius 2 is 1.76 bits per heavy atom. The van der Waals surface area contributed by atoms with Crippen molar-refractivity contribution in [3.8, 4) is 10.6 Å². The van der Waals surface area contributed by atoms with Crippen molar-refractivity contribution >= 4 is 28.6 Å². The largest absolute Gasteiger partial charge is 0.372 e. The van der Waals surface area contributed by atoms with Gasteiger partial charge < -0.3 is 15.1 Å². The molecule has 0 spiro atoms. The normalized spacial score (nSPS) is 17.3. The maximum atomic E-state index is 12.6. The molecule has 1 N–H and O–H groups in total. The Morgan fingerprint density at radius 1 is 1.00 bits per heavy atom. The average Bonchev–Trinajstić information content (AvgIpc) is 3.54. The third kappa shape index (κ3) is 5.84. The number of likely N-dealkylation sites (N-methyl/N-ethyl adjacent to an activating group) is 1. The second-order valence-electron chi connectivity index (χ2n) is 9.39. The highest BCUT2D eigenvalue weighted by Gasteiger charge is 2.15. The molecule has 0 aliphatic carbocycles. The first-order valence-corrected chi connectivity index (χ1v) is 13.1. The average molecular weight is 476 g/mol. The molecular formula is C27H33N5OS. The zero-order valence-corrected chi connectivity index (χ0v) is 20.7. The first-order valence-electron chi connectivity index (χ1n) is 12.2. The molecule has 0 saturated carbocycles. The summed E-state index contributed by atoms with van der Waals surface area (Å²) in [6.07, 6.45) is 2.80. The Hall–Kier alpha value is -2.74. The van der Waals surface area contributed by atoms with Gasteiger partial charge in [0.25, 0.3) is 0 Å². The van der Waals surface area contributed by atoms with Crippen molar-refractivity contribution in [2.24, 2.45) is 0 Å². The van der Waals surface area contributed by atoms with Crippen molar-refractivity contribution in [1.29, 1.82) is 0 Å². The standard InChI is InChI=1S/C27H33N5OS/c1-30-13-15-31(16-14-30)19-21-5-4-6-22(17-21)27-29-24(20-34-27)18-26(33)28-23-7-9-25(10-8-23)32-11-2-3-12-32/h4-10,17,20H,2-3,11-16,18-19H2,1H3,(H,28,33). The van der Waals surface area contributed by atoms with Crippen LogP contribution in [0.3, 0.4) is 0 Å². The Balaban J connectivity index is 1.16. The highest BCUT2D eigenvalue weighted by molar-refractivity contribution is 7.13. The quantitative estimate of drug-likeness (QED) is 0.551. The van der Waals surface area contributed by atoms with Gasteiger partial charge in [0.2, 0.25) is 5.91 Å². The van der Waals surface area contributed by atoms with Gasteiger partial charge in [-0.3, -0.25) is 9.69 Å². The van der Waals surface area contributed by atoms with Crippen LogP contribution in [0.2, 0.25) is 0 Å². The van der Waals surface area contributed by atoms with Crippen LogP contribution in [0.5, 0.6) is 0 Å². The van der Waals surface area contributed by atoms with Gasteiger partial charge in [-0.15, -0.1) is 11.3 Å². The van der Waals surface area contributed by atoms with Crippen LogP contribution in [0.4, 0.5) is 11.4 Å². The summed E-state index contributed by atoms with van der Waals surface area (Å²) in [5.41, 5.74) is 5.32. The molecule has 2 fully saturated rings. The van der Waals surface area contributed by atoms with Gasteiger partial charge in [-0.25, -0.2) is 4.98 Å². The zero-order valence-electron chi connectivity index (χ0n) is 19.9. The van der Waals surface area contributed by atoms with Crippen LogP contribution in [0.25, 0.3) is 10.6 Å². The Bertz CT molecular complexity index is 1100. The minimum absolute atomic E-state index is 0.0328. The molecule has 34 heavy (non-hydrogen) atoms. The molecule has 1 aromatic heterocycles. The number of amides is 1. The molecule has 2 aliphatic rings. The van der Waals surface area contributed by atoms with Crippen LogP contribution in [0, 0.1) is 0 Å². The van der Waals surface area contributed by atoms with Crippen LogP contribution in [-0.4, -0.2) is 67.0 Å². The third-order valence-electron chi connectivity index (χ3n) is 6.69. The smallest absolute Gasteiger partial charge is 0.230 e. The summed E-state index contributed by atoms with van der Waals surface area (Å²) in [4.78, 5) is 24.6. The molecule has 178 valence electrons. The van der Waals surface area contributed by atoms with Crippen LogP contribution < -0.4 is 10.2 Å². The topological polar surface area (TPSA) is 51.7 Å². The fourth-order valence-electron chi connectivity index (χ4n) is 4.69. The van der Waals surface area contributed by atoms with Gasteiger partial charge in [0, 0.05) is 68.1 Å². The summed E-state index contributed by atoms with van der Waals surface area (Å²) >= 11 is 1.61. The van der Waals surface area contributed by atoms with Crippen LogP contribution >= 0.6 is 11.3 Å². The van der Waals surface area contributed by atoms with Crippen molar-refractivity contribution in [2.45, 2.75) is 25.8 Å². The van der Waals surface area contributed by atoms with Crippen LogP contribution in [-0.2, 0) is 17.8 Å². The van der Waals surface area contributed by atoms with E-state index in [-0.39, 0.29) is 12.3 Å². The molecule has 0 radical (unpaired) electrons. The number of nitrogens with zero attached hydrogens (tertiary/aromatic N) is 4. The number of thiazole rings is 1. The molecular weight excluding hydrogens is 442 g/mol. The lowest BCUT2D eigenvalue weighted by Gasteiger charge is -2.32. The lowest BCUT2D eigenvalue weighted by atomic mass is 10.1.